The summed E-state index contributed by atoms with van der Waals surface area (Å²) >= 11 is 0. The van der Waals surface area contributed by atoms with Crippen molar-refractivity contribution in [2.75, 3.05) is 27.2 Å². The Kier molecular flexibility index (Phi) is 5.27. The Morgan fingerprint density at radius 3 is 2.48 bits per heavy atom. The minimum Gasteiger partial charge on any atom is -0.493 e. The third-order valence-corrected chi connectivity index (χ3v) is 5.13. The number of hydrogen-bond donors (Lipinski definition) is 1. The van der Waals surface area contributed by atoms with Crippen molar-refractivity contribution < 1.29 is 4.74 Å². The fraction of sp³-hybridized carbons (Fsp3) is 0.812. The molecule has 1 aromatic rings. The zero-order chi connectivity index (χ0) is 15.5. The second-order valence-corrected chi connectivity index (χ2v) is 5.93. The molecule has 1 N–H and O–H groups in total. The van der Waals surface area contributed by atoms with Crippen molar-refractivity contribution in [1.29, 1.82) is 0 Å². The van der Waals surface area contributed by atoms with Crippen LogP contribution in [0.1, 0.15) is 51.3 Å². The van der Waals surface area contributed by atoms with Crippen LogP contribution in [0.2, 0.25) is 0 Å². The van der Waals surface area contributed by atoms with Gasteiger partial charge in [0.15, 0.2) is 5.75 Å². The number of rotatable bonds is 7. The van der Waals surface area contributed by atoms with Crippen LogP contribution in [0.5, 0.6) is 5.75 Å². The molecule has 1 saturated carbocycles. The molecule has 0 radical (unpaired) electrons. The quantitative estimate of drug-likeness (QED) is 0.838. The Morgan fingerprint density at radius 1 is 1.38 bits per heavy atom. The van der Waals surface area contributed by atoms with Gasteiger partial charge in [-0.25, -0.2) is 0 Å². The van der Waals surface area contributed by atoms with Gasteiger partial charge < -0.3 is 10.1 Å². The Balaban J connectivity index is 2.48. The first kappa shape index (κ1) is 16.3. The number of likely N-dealkylation sites (N-methyl/N-ethyl adjacent to an activating group) is 2. The molecular weight excluding hydrogens is 264 g/mol. The molecule has 1 heterocycles. The van der Waals surface area contributed by atoms with Crippen molar-refractivity contribution in [1.82, 2.24) is 20.0 Å². The van der Waals surface area contributed by atoms with E-state index < -0.39 is 0 Å². The van der Waals surface area contributed by atoms with E-state index in [2.05, 4.69) is 36.2 Å². The van der Waals surface area contributed by atoms with Crippen LogP contribution in [-0.4, -0.2) is 47.5 Å². The van der Waals surface area contributed by atoms with Crippen molar-refractivity contribution in [3.8, 4) is 5.75 Å². The molecule has 5 heteroatoms. The van der Waals surface area contributed by atoms with Crippen molar-refractivity contribution in [2.24, 2.45) is 7.05 Å². The lowest BCUT2D eigenvalue weighted by molar-refractivity contribution is 0.0616. The van der Waals surface area contributed by atoms with E-state index in [9.17, 15) is 0 Å². The van der Waals surface area contributed by atoms with Crippen LogP contribution in [0.25, 0.3) is 0 Å². The van der Waals surface area contributed by atoms with E-state index in [0.717, 1.165) is 24.5 Å². The molecule has 2 rings (SSSR count). The van der Waals surface area contributed by atoms with Crippen molar-refractivity contribution >= 4 is 0 Å². The second kappa shape index (κ2) is 6.79. The number of hydrogen-bond acceptors (Lipinski definition) is 4. The summed E-state index contributed by atoms with van der Waals surface area (Å²) < 4.78 is 7.52. The summed E-state index contributed by atoms with van der Waals surface area (Å²) in [5.41, 5.74) is 1.33. The van der Waals surface area contributed by atoms with Crippen molar-refractivity contribution in [3.63, 3.8) is 0 Å². The Hall–Kier alpha value is -1.07. The summed E-state index contributed by atoms with van der Waals surface area (Å²) in [6.45, 7) is 6.68. The molecule has 21 heavy (non-hydrogen) atoms. The second-order valence-electron chi connectivity index (χ2n) is 5.93. The molecule has 120 valence electrons. The maximum absolute atomic E-state index is 5.56. The van der Waals surface area contributed by atoms with Crippen LogP contribution in [0.3, 0.4) is 0 Å². The Bertz CT molecular complexity index is 447. The van der Waals surface area contributed by atoms with E-state index in [1.54, 1.807) is 7.11 Å². The number of nitrogens with one attached hydrogen (secondary N) is 1. The first-order valence-corrected chi connectivity index (χ1v) is 8.12. The van der Waals surface area contributed by atoms with Gasteiger partial charge in [0, 0.05) is 12.6 Å². The van der Waals surface area contributed by atoms with Crippen molar-refractivity contribution in [2.45, 2.75) is 51.1 Å². The lowest BCUT2D eigenvalue weighted by Crippen LogP contribution is -2.55. The lowest BCUT2D eigenvalue weighted by Gasteiger charge is -2.46. The highest BCUT2D eigenvalue weighted by Gasteiger charge is 2.47. The molecule has 1 unspecified atom stereocenters. The largest absolute Gasteiger partial charge is 0.493 e. The summed E-state index contributed by atoms with van der Waals surface area (Å²) in [6, 6.07) is 0.238. The highest BCUT2D eigenvalue weighted by Crippen LogP contribution is 2.46. The summed E-state index contributed by atoms with van der Waals surface area (Å²) in [5, 5.41) is 7.97. The first-order valence-electron chi connectivity index (χ1n) is 8.12. The summed E-state index contributed by atoms with van der Waals surface area (Å²) in [4.78, 5) is 2.62. The number of aryl methyl sites for hydroxylation is 1. The van der Waals surface area contributed by atoms with E-state index in [4.69, 9.17) is 4.74 Å². The number of aromatic nitrogens is 2. The molecule has 1 fully saturated rings. The molecule has 1 aromatic heterocycles. The van der Waals surface area contributed by atoms with Crippen LogP contribution in [0, 0.1) is 0 Å². The van der Waals surface area contributed by atoms with Gasteiger partial charge in [0.05, 0.1) is 25.0 Å². The predicted molar refractivity (Wildman–Crippen MR) is 85.7 cm³/mol. The minimum atomic E-state index is 0.166. The van der Waals surface area contributed by atoms with Gasteiger partial charge in [-0.15, -0.1) is 0 Å². The maximum atomic E-state index is 5.56. The van der Waals surface area contributed by atoms with Crippen LogP contribution in [0.15, 0.2) is 6.20 Å². The summed E-state index contributed by atoms with van der Waals surface area (Å²) in [7, 11) is 5.79. The molecule has 0 amide bonds. The normalized spacial score (nSPS) is 19.1. The highest BCUT2D eigenvalue weighted by molar-refractivity contribution is 5.31. The van der Waals surface area contributed by atoms with Gasteiger partial charge in [0.25, 0.3) is 0 Å². The van der Waals surface area contributed by atoms with E-state index in [-0.39, 0.29) is 11.6 Å². The van der Waals surface area contributed by atoms with Gasteiger partial charge in [-0.2, -0.15) is 5.10 Å². The molecule has 0 aromatic carbocycles. The summed E-state index contributed by atoms with van der Waals surface area (Å²) in [5.74, 6) is 0.885. The van der Waals surface area contributed by atoms with E-state index in [1.165, 1.54) is 25.7 Å². The molecule has 1 atom stereocenters. The monoisotopic (exact) mass is 294 g/mol. The molecule has 1 aliphatic carbocycles. The van der Waals surface area contributed by atoms with Gasteiger partial charge in [-0.1, -0.05) is 26.7 Å². The zero-order valence-corrected chi connectivity index (χ0v) is 14.1. The Labute approximate surface area is 128 Å². The van der Waals surface area contributed by atoms with Crippen LogP contribution in [0.4, 0.5) is 0 Å². The van der Waals surface area contributed by atoms with Gasteiger partial charge >= 0.3 is 0 Å². The SMILES string of the molecule is CCN(CC)C1(C(NC)c2c(OC)cnn2C)CCCC1. The van der Waals surface area contributed by atoms with Crippen molar-refractivity contribution in [3.05, 3.63) is 11.9 Å². The first-order chi connectivity index (χ1) is 10.1. The molecular formula is C16H30N4O. The number of ether oxygens (including phenoxy) is 1. The summed E-state index contributed by atoms with van der Waals surface area (Å²) in [6.07, 6.45) is 6.89. The van der Waals surface area contributed by atoms with E-state index >= 15 is 0 Å². The Morgan fingerprint density at radius 2 is 2.00 bits per heavy atom. The predicted octanol–water partition coefficient (Wildman–Crippen LogP) is 2.34. The van der Waals surface area contributed by atoms with Gasteiger partial charge in [-0.05, 0) is 33.0 Å². The molecule has 1 aliphatic rings. The van der Waals surface area contributed by atoms with Gasteiger partial charge in [0.1, 0.15) is 0 Å². The fourth-order valence-electron chi connectivity index (χ4n) is 4.20. The van der Waals surface area contributed by atoms with Gasteiger partial charge in [0.2, 0.25) is 0 Å². The van der Waals surface area contributed by atoms with Crippen LogP contribution >= 0.6 is 0 Å². The average molecular weight is 294 g/mol. The standard InChI is InChI=1S/C16H30N4O/c1-6-20(7-2)16(10-8-9-11-16)15(17-3)14-13(21-5)12-18-19(14)4/h12,15,17H,6-11H2,1-5H3. The molecule has 0 spiro atoms. The smallest absolute Gasteiger partial charge is 0.161 e. The molecule has 0 saturated heterocycles. The van der Waals surface area contributed by atoms with Crippen LogP contribution in [-0.2, 0) is 7.05 Å². The lowest BCUT2D eigenvalue weighted by atomic mass is 9.83. The molecule has 5 nitrogen and oxygen atoms in total. The third kappa shape index (κ3) is 2.69. The molecule has 0 bridgehead atoms. The van der Waals surface area contributed by atoms with E-state index in [0.29, 0.717) is 0 Å². The fourth-order valence-corrected chi connectivity index (χ4v) is 4.20. The maximum Gasteiger partial charge on any atom is 0.161 e. The molecule has 0 aliphatic heterocycles. The van der Waals surface area contributed by atoms with Crippen LogP contribution < -0.4 is 10.1 Å². The highest BCUT2D eigenvalue weighted by atomic mass is 16.5. The minimum absolute atomic E-state index is 0.166. The average Bonchev–Trinajstić information content (AvgIpc) is 3.11. The number of nitrogens with zero attached hydrogens (tertiary/aromatic N) is 3. The number of methoxy groups -OCH3 is 1. The topological polar surface area (TPSA) is 42.3 Å². The van der Waals surface area contributed by atoms with Gasteiger partial charge in [-0.3, -0.25) is 9.58 Å². The van der Waals surface area contributed by atoms with E-state index in [1.807, 2.05) is 17.9 Å². The zero-order valence-electron chi connectivity index (χ0n) is 14.1. The third-order valence-electron chi connectivity index (χ3n) is 5.13.